The first kappa shape index (κ1) is 19.8. The van der Waals surface area contributed by atoms with E-state index in [0.29, 0.717) is 6.54 Å². The highest BCUT2D eigenvalue weighted by Crippen LogP contribution is 2.40. The van der Waals surface area contributed by atoms with Crippen LogP contribution in [0.1, 0.15) is 38.7 Å². The minimum atomic E-state index is -0.0270. The molecule has 1 aliphatic heterocycles. The summed E-state index contributed by atoms with van der Waals surface area (Å²) in [5, 5.41) is 6.01. The van der Waals surface area contributed by atoms with Gasteiger partial charge in [0, 0.05) is 36.2 Å². The van der Waals surface area contributed by atoms with Gasteiger partial charge in [0.25, 0.3) is 0 Å². The van der Waals surface area contributed by atoms with Crippen LogP contribution in [-0.2, 0) is 19.9 Å². The number of aryl methyl sites for hydroxylation is 3. The third-order valence-electron chi connectivity index (χ3n) is 7.06. The molecule has 0 bridgehead atoms. The number of nitrogens with one attached hydrogen (secondary N) is 1. The molecule has 0 saturated carbocycles. The van der Waals surface area contributed by atoms with E-state index in [9.17, 15) is 4.79 Å². The SMILES string of the molecule is Cn1c2c(c3ccccc31)C(=O)C(CNC1c3ccccc3CCc3ccccc31)CS2. The van der Waals surface area contributed by atoms with Crippen LogP contribution in [0.25, 0.3) is 10.9 Å². The maximum absolute atomic E-state index is 13.6. The van der Waals surface area contributed by atoms with Crippen molar-refractivity contribution in [2.75, 3.05) is 12.3 Å². The first-order valence-electron chi connectivity index (χ1n) is 11.4. The first-order valence-corrected chi connectivity index (χ1v) is 12.3. The minimum absolute atomic E-state index is 0.0270. The second kappa shape index (κ2) is 7.95. The first-order chi connectivity index (χ1) is 15.7. The van der Waals surface area contributed by atoms with Crippen LogP contribution >= 0.6 is 11.8 Å². The number of benzene rings is 3. The maximum atomic E-state index is 13.6. The number of hydrogen-bond acceptors (Lipinski definition) is 3. The van der Waals surface area contributed by atoms with Crippen LogP contribution in [0, 0.1) is 5.92 Å². The summed E-state index contributed by atoms with van der Waals surface area (Å²) < 4.78 is 2.18. The number of carbonyl (C=O) groups is 1. The summed E-state index contributed by atoms with van der Waals surface area (Å²) in [6, 6.07) is 25.9. The Morgan fingerprint density at radius 1 is 0.906 bits per heavy atom. The number of ketones is 1. The van der Waals surface area contributed by atoms with Gasteiger partial charge in [-0.25, -0.2) is 0 Å². The van der Waals surface area contributed by atoms with Gasteiger partial charge in [-0.2, -0.15) is 0 Å². The fraction of sp³-hybridized carbons (Fsp3) is 0.250. The zero-order valence-corrected chi connectivity index (χ0v) is 19.0. The van der Waals surface area contributed by atoms with Gasteiger partial charge < -0.3 is 9.88 Å². The van der Waals surface area contributed by atoms with E-state index >= 15 is 0 Å². The van der Waals surface area contributed by atoms with Crippen molar-refractivity contribution >= 4 is 28.4 Å². The molecule has 3 nitrogen and oxygen atoms in total. The van der Waals surface area contributed by atoms with Gasteiger partial charge in [-0.3, -0.25) is 4.79 Å². The number of nitrogens with zero attached hydrogens (tertiary/aromatic N) is 1. The number of carbonyl (C=O) groups excluding carboxylic acids is 1. The van der Waals surface area contributed by atoms with Crippen LogP contribution in [-0.4, -0.2) is 22.6 Å². The lowest BCUT2D eigenvalue weighted by Gasteiger charge is -2.27. The predicted octanol–water partition coefficient (Wildman–Crippen LogP) is 5.56. The second-order valence-electron chi connectivity index (χ2n) is 8.87. The number of Topliss-reactive ketones (excluding diaryl/α,β-unsaturated/α-hetero) is 1. The van der Waals surface area contributed by atoms with Gasteiger partial charge in [-0.15, -0.1) is 11.8 Å². The Morgan fingerprint density at radius 3 is 2.25 bits per heavy atom. The van der Waals surface area contributed by atoms with Crippen molar-refractivity contribution in [3.05, 3.63) is 101 Å². The Labute approximate surface area is 192 Å². The van der Waals surface area contributed by atoms with Crippen LogP contribution in [0.4, 0.5) is 0 Å². The van der Waals surface area contributed by atoms with E-state index in [0.717, 1.165) is 40.1 Å². The molecule has 0 radical (unpaired) electrons. The van der Waals surface area contributed by atoms with Gasteiger partial charge in [-0.1, -0.05) is 66.7 Å². The Balaban J connectivity index is 1.33. The lowest BCUT2D eigenvalue weighted by atomic mass is 9.93. The largest absolute Gasteiger partial charge is 0.338 e. The molecule has 32 heavy (non-hydrogen) atoms. The van der Waals surface area contributed by atoms with E-state index < -0.39 is 0 Å². The molecular formula is C28H26N2OS. The third kappa shape index (κ3) is 3.13. The second-order valence-corrected chi connectivity index (χ2v) is 9.88. The molecule has 0 spiro atoms. The van der Waals surface area contributed by atoms with Crippen LogP contribution in [0.3, 0.4) is 0 Å². The van der Waals surface area contributed by atoms with Crippen molar-refractivity contribution in [1.82, 2.24) is 9.88 Å². The molecule has 1 aromatic heterocycles. The van der Waals surface area contributed by atoms with E-state index in [1.54, 1.807) is 0 Å². The molecule has 0 saturated heterocycles. The van der Waals surface area contributed by atoms with Gasteiger partial charge in [0.1, 0.15) is 0 Å². The smallest absolute Gasteiger partial charge is 0.171 e. The third-order valence-corrected chi connectivity index (χ3v) is 8.38. The topological polar surface area (TPSA) is 34.0 Å². The van der Waals surface area contributed by atoms with Crippen LogP contribution in [0.15, 0.2) is 77.8 Å². The standard InChI is InChI=1S/C28H26N2OS/c1-30-24-13-7-6-12-23(24)25-27(31)20(17-32-28(25)30)16-29-26-21-10-4-2-8-18(21)14-15-19-9-3-5-11-22(19)26/h2-13,20,26,29H,14-17H2,1H3. The molecule has 0 fully saturated rings. The van der Waals surface area contributed by atoms with Gasteiger partial charge >= 0.3 is 0 Å². The molecule has 4 aromatic rings. The molecule has 2 heterocycles. The number of thioether (sulfide) groups is 1. The molecule has 1 atom stereocenters. The Morgan fingerprint density at radius 2 is 1.53 bits per heavy atom. The fourth-order valence-corrected chi connectivity index (χ4v) is 6.67. The summed E-state index contributed by atoms with van der Waals surface area (Å²) in [5.74, 6) is 1.07. The van der Waals surface area contributed by atoms with Crippen LogP contribution in [0.2, 0.25) is 0 Å². The number of hydrogen-bond donors (Lipinski definition) is 1. The van der Waals surface area contributed by atoms with Crippen LogP contribution in [0.5, 0.6) is 0 Å². The van der Waals surface area contributed by atoms with Crippen molar-refractivity contribution in [3.63, 3.8) is 0 Å². The number of aromatic nitrogens is 1. The monoisotopic (exact) mass is 438 g/mol. The van der Waals surface area contributed by atoms with Crippen molar-refractivity contribution in [3.8, 4) is 0 Å². The average molecular weight is 439 g/mol. The lowest BCUT2D eigenvalue weighted by molar-refractivity contribution is 0.0925. The summed E-state index contributed by atoms with van der Waals surface area (Å²) in [7, 11) is 2.07. The fourth-order valence-electron chi connectivity index (χ4n) is 5.39. The molecule has 2 aliphatic rings. The number of fused-ring (bicyclic) bond motifs is 5. The molecule has 1 N–H and O–H groups in total. The van der Waals surface area contributed by atoms with Gasteiger partial charge in [0.15, 0.2) is 5.78 Å². The molecule has 160 valence electrons. The normalized spacial score (nSPS) is 18.2. The van der Waals surface area contributed by atoms with E-state index in [1.807, 2.05) is 23.9 Å². The Kier molecular flexibility index (Phi) is 4.93. The quantitative estimate of drug-likeness (QED) is 0.455. The van der Waals surface area contributed by atoms with E-state index in [4.69, 9.17) is 0 Å². The summed E-state index contributed by atoms with van der Waals surface area (Å²) >= 11 is 1.82. The van der Waals surface area contributed by atoms with Crippen molar-refractivity contribution in [1.29, 1.82) is 0 Å². The van der Waals surface area contributed by atoms with E-state index in [1.165, 1.54) is 22.3 Å². The summed E-state index contributed by atoms with van der Waals surface area (Å²) in [4.78, 5) is 13.6. The molecule has 3 aromatic carbocycles. The van der Waals surface area contributed by atoms with Crippen molar-refractivity contribution < 1.29 is 4.79 Å². The molecule has 0 amide bonds. The highest BCUT2D eigenvalue weighted by Gasteiger charge is 2.33. The van der Waals surface area contributed by atoms with Crippen molar-refractivity contribution in [2.45, 2.75) is 23.9 Å². The van der Waals surface area contributed by atoms with Crippen LogP contribution < -0.4 is 5.32 Å². The van der Waals surface area contributed by atoms with Gasteiger partial charge in [0.2, 0.25) is 0 Å². The summed E-state index contributed by atoms with van der Waals surface area (Å²) in [5.41, 5.74) is 7.55. The maximum Gasteiger partial charge on any atom is 0.171 e. The number of rotatable bonds is 3. The zero-order valence-electron chi connectivity index (χ0n) is 18.2. The molecule has 1 aliphatic carbocycles. The Bertz CT molecular complexity index is 1290. The van der Waals surface area contributed by atoms with E-state index in [-0.39, 0.29) is 17.7 Å². The van der Waals surface area contributed by atoms with Gasteiger partial charge in [0.05, 0.1) is 16.6 Å². The van der Waals surface area contributed by atoms with E-state index in [2.05, 4.69) is 77.6 Å². The average Bonchev–Trinajstić information content (AvgIpc) is 3.02. The Hall–Kier alpha value is -2.82. The highest BCUT2D eigenvalue weighted by atomic mass is 32.2. The summed E-state index contributed by atoms with van der Waals surface area (Å²) in [6.45, 7) is 0.682. The van der Waals surface area contributed by atoms with Crippen molar-refractivity contribution in [2.24, 2.45) is 13.0 Å². The summed E-state index contributed by atoms with van der Waals surface area (Å²) in [6.07, 6.45) is 2.12. The van der Waals surface area contributed by atoms with Gasteiger partial charge in [-0.05, 0) is 41.2 Å². The molecule has 6 rings (SSSR count). The highest BCUT2D eigenvalue weighted by molar-refractivity contribution is 7.99. The number of para-hydroxylation sites is 1. The molecule has 4 heteroatoms. The molecular weight excluding hydrogens is 412 g/mol. The predicted molar refractivity (Wildman–Crippen MR) is 132 cm³/mol. The minimum Gasteiger partial charge on any atom is -0.338 e. The molecule has 1 unspecified atom stereocenters. The lowest BCUT2D eigenvalue weighted by Crippen LogP contribution is -2.35. The zero-order chi connectivity index (χ0) is 21.7.